The van der Waals surface area contributed by atoms with Crippen molar-refractivity contribution in [3.05, 3.63) is 65.7 Å². The Bertz CT molecular complexity index is 1040. The summed E-state index contributed by atoms with van der Waals surface area (Å²) >= 11 is 0. The number of anilines is 1. The minimum absolute atomic E-state index is 0.0851. The summed E-state index contributed by atoms with van der Waals surface area (Å²) in [5.41, 5.74) is 1.09. The van der Waals surface area contributed by atoms with Gasteiger partial charge in [0.2, 0.25) is 5.82 Å². The minimum atomic E-state index is -0.565. The summed E-state index contributed by atoms with van der Waals surface area (Å²) in [4.78, 5) is 41.4. The van der Waals surface area contributed by atoms with E-state index in [-0.39, 0.29) is 23.0 Å². The third-order valence-electron chi connectivity index (χ3n) is 4.08. The first-order valence-corrected chi connectivity index (χ1v) is 8.80. The van der Waals surface area contributed by atoms with Gasteiger partial charge in [-0.25, -0.2) is 9.78 Å². The number of imidazole rings is 1. The standard InChI is InChI=1S/C20H20N4O4/c1-3-11-21-19(26)17-23-16(15-10-6-7-12-24(15)17)18(25)22-14-9-5-4-8-13(14)20(27)28-2/h4-10,12H,3,11H2,1-2H3,(H,21,26)(H,22,25). The average Bonchev–Trinajstić information content (AvgIpc) is 3.12. The van der Waals surface area contributed by atoms with E-state index in [9.17, 15) is 14.4 Å². The van der Waals surface area contributed by atoms with E-state index in [2.05, 4.69) is 15.6 Å². The summed E-state index contributed by atoms with van der Waals surface area (Å²) < 4.78 is 6.31. The maximum absolute atomic E-state index is 12.9. The van der Waals surface area contributed by atoms with Gasteiger partial charge in [-0.15, -0.1) is 0 Å². The highest BCUT2D eigenvalue weighted by Crippen LogP contribution is 2.19. The molecule has 0 saturated carbocycles. The molecule has 0 unspecified atom stereocenters. The number of carbonyl (C=O) groups is 3. The molecule has 2 heterocycles. The molecule has 28 heavy (non-hydrogen) atoms. The molecule has 0 spiro atoms. The van der Waals surface area contributed by atoms with Crippen LogP contribution in [-0.2, 0) is 4.74 Å². The smallest absolute Gasteiger partial charge is 0.339 e. The van der Waals surface area contributed by atoms with E-state index >= 15 is 0 Å². The van der Waals surface area contributed by atoms with Crippen LogP contribution in [0.3, 0.4) is 0 Å². The number of amides is 2. The van der Waals surface area contributed by atoms with Gasteiger partial charge < -0.3 is 15.4 Å². The van der Waals surface area contributed by atoms with E-state index < -0.39 is 11.9 Å². The number of nitrogens with zero attached hydrogens (tertiary/aromatic N) is 2. The van der Waals surface area contributed by atoms with Gasteiger partial charge in [-0.2, -0.15) is 0 Å². The van der Waals surface area contributed by atoms with Crippen molar-refractivity contribution >= 4 is 29.0 Å². The molecule has 0 fully saturated rings. The predicted molar refractivity (Wildman–Crippen MR) is 104 cm³/mol. The number of esters is 1. The maximum atomic E-state index is 12.9. The zero-order valence-electron chi connectivity index (χ0n) is 15.6. The molecule has 2 N–H and O–H groups in total. The second-order valence-corrected chi connectivity index (χ2v) is 5.99. The van der Waals surface area contributed by atoms with Gasteiger partial charge in [0.25, 0.3) is 11.8 Å². The second kappa shape index (κ2) is 8.34. The van der Waals surface area contributed by atoms with E-state index in [0.717, 1.165) is 6.42 Å². The third kappa shape index (κ3) is 3.71. The lowest BCUT2D eigenvalue weighted by molar-refractivity contribution is 0.0601. The third-order valence-corrected chi connectivity index (χ3v) is 4.08. The van der Waals surface area contributed by atoms with Crippen molar-refractivity contribution in [1.82, 2.24) is 14.7 Å². The van der Waals surface area contributed by atoms with Crippen LogP contribution in [-0.4, -0.2) is 40.8 Å². The number of para-hydroxylation sites is 1. The lowest BCUT2D eigenvalue weighted by Gasteiger charge is -2.08. The monoisotopic (exact) mass is 380 g/mol. The molecule has 1 aromatic carbocycles. The number of methoxy groups -OCH3 is 1. The summed E-state index contributed by atoms with van der Waals surface area (Å²) in [6.07, 6.45) is 2.45. The van der Waals surface area contributed by atoms with Gasteiger partial charge in [0.05, 0.1) is 23.9 Å². The zero-order valence-corrected chi connectivity index (χ0v) is 15.6. The van der Waals surface area contributed by atoms with Crippen molar-refractivity contribution in [2.75, 3.05) is 19.0 Å². The Morgan fingerprint density at radius 3 is 2.57 bits per heavy atom. The lowest BCUT2D eigenvalue weighted by atomic mass is 10.1. The predicted octanol–water partition coefficient (Wildman–Crippen LogP) is 2.51. The lowest BCUT2D eigenvalue weighted by Crippen LogP contribution is -2.26. The molecule has 0 aliphatic rings. The molecule has 0 atom stereocenters. The Morgan fingerprint density at radius 2 is 1.82 bits per heavy atom. The first-order valence-electron chi connectivity index (χ1n) is 8.80. The van der Waals surface area contributed by atoms with Gasteiger partial charge in [0.15, 0.2) is 5.69 Å². The quantitative estimate of drug-likeness (QED) is 0.640. The molecule has 0 saturated heterocycles. The molecule has 2 aromatic heterocycles. The van der Waals surface area contributed by atoms with Crippen LogP contribution in [0, 0.1) is 0 Å². The molecule has 3 aromatic rings. The summed E-state index contributed by atoms with van der Waals surface area (Å²) in [6.45, 7) is 2.45. The number of rotatable bonds is 6. The van der Waals surface area contributed by atoms with Gasteiger partial charge >= 0.3 is 5.97 Å². The summed E-state index contributed by atoms with van der Waals surface area (Å²) in [6, 6.07) is 11.7. The number of ether oxygens (including phenoxy) is 1. The molecule has 2 amide bonds. The van der Waals surface area contributed by atoms with Crippen molar-refractivity contribution in [1.29, 1.82) is 0 Å². The Morgan fingerprint density at radius 1 is 1.07 bits per heavy atom. The number of aromatic nitrogens is 2. The van der Waals surface area contributed by atoms with Crippen LogP contribution in [0.2, 0.25) is 0 Å². The van der Waals surface area contributed by atoms with Crippen molar-refractivity contribution < 1.29 is 19.1 Å². The highest BCUT2D eigenvalue weighted by atomic mass is 16.5. The maximum Gasteiger partial charge on any atom is 0.339 e. The van der Waals surface area contributed by atoms with Crippen LogP contribution >= 0.6 is 0 Å². The van der Waals surface area contributed by atoms with Crippen molar-refractivity contribution in [2.45, 2.75) is 13.3 Å². The normalized spacial score (nSPS) is 10.5. The van der Waals surface area contributed by atoms with Crippen LogP contribution in [0.1, 0.15) is 44.8 Å². The number of benzene rings is 1. The number of carbonyl (C=O) groups excluding carboxylic acids is 3. The number of hydrogen-bond donors (Lipinski definition) is 2. The zero-order chi connectivity index (χ0) is 20.1. The molecule has 8 nitrogen and oxygen atoms in total. The summed E-state index contributed by atoms with van der Waals surface area (Å²) in [5.74, 6) is -1.34. The van der Waals surface area contributed by atoms with Crippen LogP contribution in [0.5, 0.6) is 0 Å². The van der Waals surface area contributed by atoms with Gasteiger partial charge in [-0.1, -0.05) is 25.1 Å². The Hall–Kier alpha value is -3.68. The van der Waals surface area contributed by atoms with Gasteiger partial charge in [0.1, 0.15) is 0 Å². The Kier molecular flexibility index (Phi) is 5.69. The van der Waals surface area contributed by atoms with E-state index in [1.807, 2.05) is 6.92 Å². The molecule has 0 bridgehead atoms. The molecular weight excluding hydrogens is 360 g/mol. The van der Waals surface area contributed by atoms with Crippen LogP contribution in [0.15, 0.2) is 48.7 Å². The second-order valence-electron chi connectivity index (χ2n) is 5.99. The van der Waals surface area contributed by atoms with E-state index in [0.29, 0.717) is 17.7 Å². The van der Waals surface area contributed by atoms with E-state index in [1.54, 1.807) is 53.1 Å². The SMILES string of the molecule is CCCNC(=O)c1nc(C(=O)Nc2ccccc2C(=O)OC)c2ccccn12. The van der Waals surface area contributed by atoms with Crippen LogP contribution in [0.4, 0.5) is 5.69 Å². The topological polar surface area (TPSA) is 102 Å². The number of pyridine rings is 1. The van der Waals surface area contributed by atoms with Gasteiger partial charge in [-0.05, 0) is 30.7 Å². The Labute approximate surface area is 161 Å². The molecule has 0 radical (unpaired) electrons. The fourth-order valence-corrected chi connectivity index (χ4v) is 2.74. The van der Waals surface area contributed by atoms with Crippen molar-refractivity contribution in [3.8, 4) is 0 Å². The highest BCUT2D eigenvalue weighted by Gasteiger charge is 2.22. The molecule has 8 heteroatoms. The molecular formula is C20H20N4O4. The largest absolute Gasteiger partial charge is 0.465 e. The van der Waals surface area contributed by atoms with Crippen LogP contribution < -0.4 is 10.6 Å². The van der Waals surface area contributed by atoms with Crippen molar-refractivity contribution in [2.24, 2.45) is 0 Å². The first-order chi connectivity index (χ1) is 13.6. The van der Waals surface area contributed by atoms with Gasteiger partial charge in [0, 0.05) is 12.7 Å². The summed E-state index contributed by atoms with van der Waals surface area (Å²) in [5, 5.41) is 5.44. The van der Waals surface area contributed by atoms with E-state index in [4.69, 9.17) is 4.74 Å². The van der Waals surface area contributed by atoms with Crippen LogP contribution in [0.25, 0.3) is 5.52 Å². The number of nitrogens with one attached hydrogen (secondary N) is 2. The molecule has 144 valence electrons. The fourth-order valence-electron chi connectivity index (χ4n) is 2.74. The van der Waals surface area contributed by atoms with E-state index in [1.165, 1.54) is 7.11 Å². The van der Waals surface area contributed by atoms with Gasteiger partial charge in [-0.3, -0.25) is 14.0 Å². The molecule has 0 aliphatic heterocycles. The molecule has 0 aliphatic carbocycles. The Balaban J connectivity index is 1.97. The summed E-state index contributed by atoms with van der Waals surface area (Å²) in [7, 11) is 1.27. The minimum Gasteiger partial charge on any atom is -0.465 e. The highest BCUT2D eigenvalue weighted by molar-refractivity contribution is 6.11. The van der Waals surface area contributed by atoms with Crippen molar-refractivity contribution in [3.63, 3.8) is 0 Å². The fraction of sp³-hybridized carbons (Fsp3) is 0.200. The molecule has 3 rings (SSSR count). The first kappa shape index (κ1) is 19.1. The average molecular weight is 380 g/mol. The number of fused-ring (bicyclic) bond motifs is 1. The number of hydrogen-bond acceptors (Lipinski definition) is 5.